The standard InChI is InChI=1S/C22H31N3O2/c1-14(26)23-18-7-5-6-15-13-25(11-9-17(15)18)20(27)24-19-12-16-8-10-22(19,4)21(16,2)3/h5-7,16,19H,8-13H2,1-4H3,(H,23,26)(H,24,27). The molecular formula is C22H31N3O2. The van der Waals surface area contributed by atoms with Crippen molar-refractivity contribution in [3.05, 3.63) is 29.3 Å². The number of anilines is 1. The van der Waals surface area contributed by atoms with Crippen molar-refractivity contribution in [2.45, 2.75) is 66.0 Å². The monoisotopic (exact) mass is 369 g/mol. The molecule has 1 aromatic carbocycles. The van der Waals surface area contributed by atoms with Crippen LogP contribution < -0.4 is 10.6 Å². The molecule has 2 fully saturated rings. The van der Waals surface area contributed by atoms with E-state index in [0.29, 0.717) is 18.5 Å². The summed E-state index contributed by atoms with van der Waals surface area (Å²) in [6.07, 6.45) is 4.37. The summed E-state index contributed by atoms with van der Waals surface area (Å²) in [6.45, 7) is 9.92. The van der Waals surface area contributed by atoms with Gasteiger partial charge in [0, 0.05) is 31.7 Å². The van der Waals surface area contributed by atoms with Crippen molar-refractivity contribution in [3.8, 4) is 0 Å². The Bertz CT molecular complexity index is 788. The fourth-order valence-corrected chi connectivity index (χ4v) is 5.75. The first kappa shape index (κ1) is 18.3. The highest BCUT2D eigenvalue weighted by molar-refractivity contribution is 5.90. The molecule has 0 radical (unpaired) electrons. The minimum atomic E-state index is -0.0595. The Morgan fingerprint density at radius 2 is 2.00 bits per heavy atom. The number of hydrogen-bond acceptors (Lipinski definition) is 2. The van der Waals surface area contributed by atoms with Gasteiger partial charge in [0.25, 0.3) is 0 Å². The van der Waals surface area contributed by atoms with Crippen LogP contribution in [-0.2, 0) is 17.8 Å². The first-order valence-corrected chi connectivity index (χ1v) is 10.2. The number of amides is 3. The Morgan fingerprint density at radius 3 is 2.63 bits per heavy atom. The quantitative estimate of drug-likeness (QED) is 0.830. The molecule has 1 aromatic rings. The van der Waals surface area contributed by atoms with Crippen molar-refractivity contribution >= 4 is 17.6 Å². The molecule has 2 bridgehead atoms. The maximum absolute atomic E-state index is 13.0. The van der Waals surface area contributed by atoms with Crippen molar-refractivity contribution < 1.29 is 9.59 Å². The van der Waals surface area contributed by atoms with Crippen LogP contribution in [0, 0.1) is 16.7 Å². The van der Waals surface area contributed by atoms with Gasteiger partial charge in [0.2, 0.25) is 5.91 Å². The predicted octanol–water partition coefficient (Wildman–Crippen LogP) is 3.93. The molecule has 2 aliphatic carbocycles. The number of urea groups is 1. The molecule has 5 heteroatoms. The number of hydrogen-bond donors (Lipinski definition) is 2. The molecule has 1 aliphatic heterocycles. The SMILES string of the molecule is CC(=O)Nc1cccc2c1CCN(C(=O)NC1CC3CCC1(C)C3(C)C)C2. The molecule has 3 aliphatic rings. The van der Waals surface area contributed by atoms with E-state index in [2.05, 4.69) is 37.5 Å². The van der Waals surface area contributed by atoms with Gasteiger partial charge < -0.3 is 15.5 Å². The second-order valence-corrected chi connectivity index (χ2v) is 9.41. The van der Waals surface area contributed by atoms with Crippen molar-refractivity contribution in [3.63, 3.8) is 0 Å². The minimum Gasteiger partial charge on any atom is -0.335 e. The van der Waals surface area contributed by atoms with E-state index in [-0.39, 0.29) is 23.4 Å². The van der Waals surface area contributed by atoms with Gasteiger partial charge in [-0.25, -0.2) is 4.79 Å². The third kappa shape index (κ3) is 2.82. The van der Waals surface area contributed by atoms with Gasteiger partial charge >= 0.3 is 6.03 Å². The second kappa shape index (κ2) is 6.25. The molecule has 0 saturated heterocycles. The lowest BCUT2D eigenvalue weighted by Gasteiger charge is -2.40. The summed E-state index contributed by atoms with van der Waals surface area (Å²) in [5.74, 6) is 0.658. The Labute approximate surface area is 161 Å². The Kier molecular flexibility index (Phi) is 4.24. The first-order chi connectivity index (χ1) is 12.7. The normalized spacial score (nSPS) is 30.7. The van der Waals surface area contributed by atoms with Crippen molar-refractivity contribution in [2.24, 2.45) is 16.7 Å². The van der Waals surface area contributed by atoms with E-state index in [0.717, 1.165) is 35.6 Å². The maximum Gasteiger partial charge on any atom is 0.317 e. The van der Waals surface area contributed by atoms with Crippen molar-refractivity contribution in [1.82, 2.24) is 10.2 Å². The van der Waals surface area contributed by atoms with Crippen LogP contribution in [0.3, 0.4) is 0 Å². The highest BCUT2D eigenvalue weighted by atomic mass is 16.2. The summed E-state index contributed by atoms with van der Waals surface area (Å²) in [6, 6.07) is 6.27. The van der Waals surface area contributed by atoms with Crippen molar-refractivity contribution in [2.75, 3.05) is 11.9 Å². The van der Waals surface area contributed by atoms with E-state index >= 15 is 0 Å². The van der Waals surface area contributed by atoms with Gasteiger partial charge in [-0.15, -0.1) is 0 Å². The molecule has 0 spiro atoms. The zero-order valence-electron chi connectivity index (χ0n) is 16.9. The summed E-state index contributed by atoms with van der Waals surface area (Å²) in [7, 11) is 0. The van der Waals surface area contributed by atoms with Gasteiger partial charge in [-0.1, -0.05) is 32.9 Å². The predicted molar refractivity (Wildman–Crippen MR) is 106 cm³/mol. The third-order valence-electron chi connectivity index (χ3n) is 7.96. The number of nitrogens with one attached hydrogen (secondary N) is 2. The number of nitrogens with zero attached hydrogens (tertiary/aromatic N) is 1. The highest BCUT2D eigenvalue weighted by Crippen LogP contribution is 2.65. The summed E-state index contributed by atoms with van der Waals surface area (Å²) in [4.78, 5) is 26.3. The van der Waals surface area contributed by atoms with Crippen LogP contribution in [0.1, 0.15) is 58.1 Å². The van der Waals surface area contributed by atoms with Crippen LogP contribution in [0.5, 0.6) is 0 Å². The fourth-order valence-electron chi connectivity index (χ4n) is 5.75. The molecular weight excluding hydrogens is 338 g/mol. The van der Waals surface area contributed by atoms with Crippen LogP contribution >= 0.6 is 0 Å². The molecule has 1 heterocycles. The molecule has 2 saturated carbocycles. The average Bonchev–Trinajstić information content (AvgIpc) is 2.94. The lowest BCUT2D eigenvalue weighted by molar-refractivity contribution is -0.114. The van der Waals surface area contributed by atoms with E-state index < -0.39 is 0 Å². The third-order valence-corrected chi connectivity index (χ3v) is 7.96. The van der Waals surface area contributed by atoms with E-state index in [1.165, 1.54) is 19.8 Å². The number of benzene rings is 1. The fraction of sp³-hybridized carbons (Fsp3) is 0.636. The van der Waals surface area contributed by atoms with E-state index in [1.807, 2.05) is 17.0 Å². The number of carbonyl (C=O) groups is 2. The molecule has 2 N–H and O–H groups in total. The minimum absolute atomic E-state index is 0.0557. The summed E-state index contributed by atoms with van der Waals surface area (Å²) < 4.78 is 0. The largest absolute Gasteiger partial charge is 0.335 e. The molecule has 5 nitrogen and oxygen atoms in total. The average molecular weight is 370 g/mol. The zero-order chi connectivity index (χ0) is 19.4. The topological polar surface area (TPSA) is 61.4 Å². The summed E-state index contributed by atoms with van der Waals surface area (Å²) in [5.41, 5.74) is 3.65. The number of fused-ring (bicyclic) bond motifs is 3. The van der Waals surface area contributed by atoms with Gasteiger partial charge in [-0.05, 0) is 59.6 Å². The van der Waals surface area contributed by atoms with Gasteiger partial charge in [-0.2, -0.15) is 0 Å². The number of carbonyl (C=O) groups excluding carboxylic acids is 2. The zero-order valence-corrected chi connectivity index (χ0v) is 16.9. The van der Waals surface area contributed by atoms with Crippen LogP contribution in [-0.4, -0.2) is 29.4 Å². The molecule has 4 rings (SSSR count). The molecule has 3 amide bonds. The Balaban J connectivity index is 1.46. The molecule has 3 unspecified atom stereocenters. The Morgan fingerprint density at radius 1 is 1.22 bits per heavy atom. The molecule has 27 heavy (non-hydrogen) atoms. The summed E-state index contributed by atoms with van der Waals surface area (Å²) in [5, 5.41) is 6.28. The highest BCUT2D eigenvalue weighted by Gasteiger charge is 2.61. The van der Waals surface area contributed by atoms with Gasteiger partial charge in [-0.3, -0.25) is 4.79 Å². The smallest absolute Gasteiger partial charge is 0.317 e. The van der Waals surface area contributed by atoms with Crippen LogP contribution in [0.4, 0.5) is 10.5 Å². The van der Waals surface area contributed by atoms with Gasteiger partial charge in [0.15, 0.2) is 0 Å². The van der Waals surface area contributed by atoms with Crippen LogP contribution in [0.2, 0.25) is 0 Å². The Hall–Kier alpha value is -2.04. The molecule has 146 valence electrons. The van der Waals surface area contributed by atoms with Gasteiger partial charge in [0.1, 0.15) is 0 Å². The lowest BCUT2D eigenvalue weighted by Crippen LogP contribution is -2.52. The number of rotatable bonds is 2. The summed E-state index contributed by atoms with van der Waals surface area (Å²) >= 11 is 0. The maximum atomic E-state index is 13.0. The van der Waals surface area contributed by atoms with Crippen molar-refractivity contribution in [1.29, 1.82) is 0 Å². The molecule has 0 aromatic heterocycles. The van der Waals surface area contributed by atoms with E-state index in [9.17, 15) is 9.59 Å². The van der Waals surface area contributed by atoms with Crippen LogP contribution in [0.15, 0.2) is 18.2 Å². The van der Waals surface area contributed by atoms with Gasteiger partial charge in [0.05, 0.1) is 0 Å². The second-order valence-electron chi connectivity index (χ2n) is 9.41. The van der Waals surface area contributed by atoms with E-state index in [1.54, 1.807) is 0 Å². The van der Waals surface area contributed by atoms with Crippen LogP contribution in [0.25, 0.3) is 0 Å². The molecule has 3 atom stereocenters. The first-order valence-electron chi connectivity index (χ1n) is 10.2. The lowest BCUT2D eigenvalue weighted by atomic mass is 9.69. The van der Waals surface area contributed by atoms with E-state index in [4.69, 9.17) is 0 Å².